The van der Waals surface area contributed by atoms with Crippen molar-refractivity contribution in [2.45, 2.75) is 49.6 Å². The van der Waals surface area contributed by atoms with Gasteiger partial charge in [0.05, 0.1) is 24.5 Å². The summed E-state index contributed by atoms with van der Waals surface area (Å²) in [5.74, 6) is -2.30. The molecule has 0 saturated carbocycles. The summed E-state index contributed by atoms with van der Waals surface area (Å²) in [5.41, 5.74) is 0.877. The van der Waals surface area contributed by atoms with Gasteiger partial charge in [-0.2, -0.15) is 0 Å². The molecular formula is C26H25N5O9S. The molecule has 5 rings (SSSR count). The number of esters is 2. The van der Waals surface area contributed by atoms with Crippen molar-refractivity contribution in [2.24, 2.45) is 0 Å². The van der Waals surface area contributed by atoms with Crippen molar-refractivity contribution in [3.05, 3.63) is 76.0 Å². The Balaban J connectivity index is 1.50. The van der Waals surface area contributed by atoms with E-state index in [1.54, 1.807) is 37.3 Å². The monoisotopic (exact) mass is 583 g/mol. The Morgan fingerprint density at radius 3 is 2.41 bits per heavy atom. The molecule has 2 saturated heterocycles. The van der Waals surface area contributed by atoms with Gasteiger partial charge in [-0.1, -0.05) is 35.5 Å². The van der Waals surface area contributed by atoms with E-state index in [1.165, 1.54) is 31.2 Å². The number of carbonyl (C=O) groups excluding carboxylic acids is 3. The summed E-state index contributed by atoms with van der Waals surface area (Å²) >= 11 is 0. The highest BCUT2D eigenvalue weighted by Crippen LogP contribution is 2.47. The zero-order valence-electron chi connectivity index (χ0n) is 22.0. The van der Waals surface area contributed by atoms with E-state index >= 15 is 0 Å². The minimum atomic E-state index is -4.17. The van der Waals surface area contributed by atoms with Gasteiger partial charge in [0.25, 0.3) is 5.69 Å². The molecule has 0 spiro atoms. The third-order valence-corrected chi connectivity index (χ3v) is 10.0. The molecule has 0 N–H and O–H groups in total. The maximum Gasteiger partial charge on any atom is 0.358 e. The molecule has 214 valence electrons. The quantitative estimate of drug-likeness (QED) is 0.155. The van der Waals surface area contributed by atoms with Gasteiger partial charge in [0.1, 0.15) is 22.4 Å². The summed E-state index contributed by atoms with van der Waals surface area (Å²) in [7, 11) is -4.17. The summed E-state index contributed by atoms with van der Waals surface area (Å²) in [6, 6.07) is 12.4. The van der Waals surface area contributed by atoms with Crippen LogP contribution in [0.5, 0.6) is 0 Å². The van der Waals surface area contributed by atoms with Gasteiger partial charge in [0.2, 0.25) is 5.91 Å². The number of nitro groups is 1. The van der Waals surface area contributed by atoms with Gasteiger partial charge < -0.3 is 14.4 Å². The van der Waals surface area contributed by atoms with Crippen LogP contribution in [0.1, 0.15) is 36.3 Å². The molecule has 15 heteroatoms. The Bertz CT molecular complexity index is 1640. The van der Waals surface area contributed by atoms with Crippen LogP contribution in [0.2, 0.25) is 0 Å². The summed E-state index contributed by atoms with van der Waals surface area (Å²) < 4.78 is 37.3. The molecule has 41 heavy (non-hydrogen) atoms. The average molecular weight is 584 g/mol. The molecule has 0 aliphatic carbocycles. The maximum absolute atomic E-state index is 13.8. The molecule has 0 unspecified atom stereocenters. The Kier molecular flexibility index (Phi) is 7.07. The molecule has 1 amide bonds. The molecule has 2 aliphatic heterocycles. The molecule has 3 heterocycles. The minimum Gasteiger partial charge on any atom is -0.461 e. The fraction of sp³-hybridized carbons (Fsp3) is 0.346. The summed E-state index contributed by atoms with van der Waals surface area (Å²) in [4.78, 5) is 50.4. The summed E-state index contributed by atoms with van der Waals surface area (Å²) in [5, 5.41) is 17.9. The van der Waals surface area contributed by atoms with Gasteiger partial charge in [-0.3, -0.25) is 14.9 Å². The fourth-order valence-corrected chi connectivity index (χ4v) is 7.48. The lowest BCUT2D eigenvalue weighted by Crippen LogP contribution is -2.58. The number of fused-ring (bicyclic) bond motifs is 1. The van der Waals surface area contributed by atoms with Crippen molar-refractivity contribution in [3.63, 3.8) is 0 Å². The number of nitrogens with zero attached hydrogens (tertiary/aromatic N) is 5. The zero-order valence-corrected chi connectivity index (χ0v) is 22.8. The predicted molar refractivity (Wildman–Crippen MR) is 141 cm³/mol. The van der Waals surface area contributed by atoms with E-state index in [2.05, 4.69) is 10.3 Å². The number of hydrogen-bond donors (Lipinski definition) is 0. The highest BCUT2D eigenvalue weighted by atomic mass is 32.2. The Labute approximate surface area is 233 Å². The number of amides is 1. The second-order valence-corrected chi connectivity index (χ2v) is 12.3. The first-order valence-electron chi connectivity index (χ1n) is 12.6. The molecule has 1 aromatic heterocycles. The van der Waals surface area contributed by atoms with Crippen LogP contribution >= 0.6 is 0 Å². The molecule has 2 aliphatic rings. The van der Waals surface area contributed by atoms with E-state index in [-0.39, 0.29) is 36.7 Å². The molecule has 3 aromatic rings. The van der Waals surface area contributed by atoms with E-state index < -0.39 is 55.3 Å². The molecule has 0 bridgehead atoms. The smallest absolute Gasteiger partial charge is 0.358 e. The largest absolute Gasteiger partial charge is 0.461 e. The molecule has 2 fully saturated rings. The van der Waals surface area contributed by atoms with Crippen molar-refractivity contribution in [2.75, 3.05) is 6.61 Å². The Morgan fingerprint density at radius 2 is 1.80 bits per heavy atom. The van der Waals surface area contributed by atoms with Crippen LogP contribution in [0, 0.1) is 10.1 Å². The Morgan fingerprint density at radius 1 is 1.12 bits per heavy atom. The number of rotatable bonds is 9. The number of hydrogen-bond acceptors (Lipinski definition) is 11. The first-order valence-corrected chi connectivity index (χ1v) is 14.1. The van der Waals surface area contributed by atoms with Gasteiger partial charge in [0, 0.05) is 17.7 Å². The fourth-order valence-electron chi connectivity index (χ4n) is 5.13. The van der Waals surface area contributed by atoms with Crippen LogP contribution in [0.15, 0.2) is 54.6 Å². The highest BCUT2D eigenvalue weighted by Gasteiger charge is 2.70. The normalized spacial score (nSPS) is 22.5. The SMILES string of the molecule is CCOC(=O)c1c(-c2ccccc2)nnn1C[C@@]1(C)[C@H](C(=O)OCc2ccc([N+](=O)[O-])cc2)N2C(=O)C[C@@H]2S1(=O)=O. The van der Waals surface area contributed by atoms with Gasteiger partial charge in [-0.05, 0) is 31.5 Å². The molecule has 3 atom stereocenters. The molecular weight excluding hydrogens is 558 g/mol. The van der Waals surface area contributed by atoms with E-state index in [4.69, 9.17) is 9.47 Å². The van der Waals surface area contributed by atoms with Crippen LogP contribution in [0.3, 0.4) is 0 Å². The first kappa shape index (κ1) is 27.9. The van der Waals surface area contributed by atoms with Crippen molar-refractivity contribution in [3.8, 4) is 11.3 Å². The molecule has 0 radical (unpaired) electrons. The average Bonchev–Trinajstić information content (AvgIpc) is 3.42. The first-order chi connectivity index (χ1) is 19.5. The lowest BCUT2D eigenvalue weighted by molar-refractivity contribution is -0.384. The van der Waals surface area contributed by atoms with Gasteiger partial charge in [-0.15, -0.1) is 5.10 Å². The Hall–Kier alpha value is -4.66. The van der Waals surface area contributed by atoms with E-state index in [0.717, 1.165) is 9.58 Å². The number of sulfone groups is 1. The standard InChI is InChI=1S/C26H25N5O9S/c1-3-39-24(33)22-21(17-7-5-4-6-8-17)27-28-29(22)15-26(2)23(30-19(32)13-20(30)41(26,37)38)25(34)40-14-16-9-11-18(12-10-16)31(35)36/h4-12,20,23H,3,13-15H2,1-2H3/t20-,23-,26-/m0/s1. The topological polar surface area (TPSA) is 181 Å². The highest BCUT2D eigenvalue weighted by molar-refractivity contribution is 7.93. The van der Waals surface area contributed by atoms with Crippen molar-refractivity contribution < 1.29 is 37.2 Å². The predicted octanol–water partition coefficient (Wildman–Crippen LogP) is 1.89. The molecule has 14 nitrogen and oxygen atoms in total. The number of nitro benzene ring substituents is 1. The number of benzene rings is 2. The van der Waals surface area contributed by atoms with Gasteiger partial charge in [0.15, 0.2) is 21.6 Å². The number of non-ortho nitro benzene ring substituents is 1. The van der Waals surface area contributed by atoms with Crippen molar-refractivity contribution in [1.29, 1.82) is 0 Å². The van der Waals surface area contributed by atoms with Gasteiger partial charge in [-0.25, -0.2) is 22.7 Å². The van der Waals surface area contributed by atoms with Crippen LogP contribution in [0.4, 0.5) is 5.69 Å². The maximum atomic E-state index is 13.8. The number of ether oxygens (including phenoxy) is 2. The van der Waals surface area contributed by atoms with E-state index in [0.29, 0.717) is 11.1 Å². The van der Waals surface area contributed by atoms with E-state index in [1.807, 2.05) is 0 Å². The lowest BCUT2D eigenvalue weighted by Gasteiger charge is -2.36. The second kappa shape index (κ2) is 10.4. The van der Waals surface area contributed by atoms with Crippen molar-refractivity contribution in [1.82, 2.24) is 19.9 Å². The second-order valence-electron chi connectivity index (χ2n) is 9.78. The molecule has 2 aromatic carbocycles. The van der Waals surface area contributed by atoms with Crippen LogP contribution < -0.4 is 0 Å². The lowest BCUT2D eigenvalue weighted by atomic mass is 9.96. The van der Waals surface area contributed by atoms with Crippen LogP contribution in [0.25, 0.3) is 11.3 Å². The summed E-state index contributed by atoms with van der Waals surface area (Å²) in [6.45, 7) is 2.15. The van der Waals surface area contributed by atoms with Crippen molar-refractivity contribution >= 4 is 33.4 Å². The van der Waals surface area contributed by atoms with E-state index in [9.17, 15) is 32.9 Å². The number of β-lactam (4-membered cyclic amide) rings is 1. The van der Waals surface area contributed by atoms with Crippen LogP contribution in [-0.2, 0) is 42.1 Å². The number of aromatic nitrogens is 3. The van der Waals surface area contributed by atoms with Gasteiger partial charge >= 0.3 is 11.9 Å². The minimum absolute atomic E-state index is 0.0375. The number of carbonyl (C=O) groups is 3. The van der Waals surface area contributed by atoms with Crippen LogP contribution in [-0.4, -0.2) is 73.9 Å². The third kappa shape index (κ3) is 4.61. The third-order valence-electron chi connectivity index (χ3n) is 7.28. The zero-order chi connectivity index (χ0) is 29.5. The summed E-state index contributed by atoms with van der Waals surface area (Å²) in [6.07, 6.45) is -0.290.